The van der Waals surface area contributed by atoms with Crippen LogP contribution in [-0.2, 0) is 14.8 Å². The van der Waals surface area contributed by atoms with E-state index in [1.165, 1.54) is 26.3 Å². The lowest BCUT2D eigenvalue weighted by Gasteiger charge is -2.17. The maximum absolute atomic E-state index is 12.8. The molecular weight excluding hydrogens is 342 g/mol. The normalized spacial score (nSPS) is 15.0. The van der Waals surface area contributed by atoms with Crippen LogP contribution in [0.4, 0.5) is 5.69 Å². The Labute approximate surface area is 138 Å². The second kappa shape index (κ2) is 5.43. The van der Waals surface area contributed by atoms with Crippen LogP contribution in [0, 0.1) is 0 Å². The van der Waals surface area contributed by atoms with Gasteiger partial charge in [-0.3, -0.25) is 4.31 Å². The van der Waals surface area contributed by atoms with Crippen molar-refractivity contribution >= 4 is 33.3 Å². The van der Waals surface area contributed by atoms with Gasteiger partial charge in [-0.05, 0) is 18.2 Å². The standard InChI is InChI=1S/C15H12ClNO5S/c1-17-11-5-3-4-6-12(11)22-13-8-10(16)9(15(18)21-2)7-14(13)23(17,19)20/h3-8H,1-2H3. The number of nitrogens with zero attached hydrogens (tertiary/aromatic N) is 1. The first-order valence-electron chi connectivity index (χ1n) is 6.54. The molecule has 0 N–H and O–H groups in total. The first-order chi connectivity index (χ1) is 10.9. The number of methoxy groups -OCH3 is 1. The zero-order valence-electron chi connectivity index (χ0n) is 12.2. The van der Waals surface area contributed by atoms with Gasteiger partial charge in [0.05, 0.1) is 23.4 Å². The van der Waals surface area contributed by atoms with Crippen molar-refractivity contribution in [1.29, 1.82) is 0 Å². The van der Waals surface area contributed by atoms with Gasteiger partial charge in [-0.2, -0.15) is 0 Å². The van der Waals surface area contributed by atoms with Gasteiger partial charge in [0.15, 0.2) is 5.75 Å². The molecule has 0 spiro atoms. The highest BCUT2D eigenvalue weighted by Crippen LogP contribution is 2.43. The van der Waals surface area contributed by atoms with Crippen molar-refractivity contribution in [2.75, 3.05) is 18.5 Å². The summed E-state index contributed by atoms with van der Waals surface area (Å²) in [6, 6.07) is 9.18. The third-order valence-corrected chi connectivity index (χ3v) is 5.61. The molecule has 0 saturated carbocycles. The van der Waals surface area contributed by atoms with E-state index in [2.05, 4.69) is 4.74 Å². The van der Waals surface area contributed by atoms with Gasteiger partial charge in [-0.15, -0.1) is 0 Å². The summed E-state index contributed by atoms with van der Waals surface area (Å²) in [5.41, 5.74) is 0.346. The van der Waals surface area contributed by atoms with Crippen molar-refractivity contribution in [3.63, 3.8) is 0 Å². The van der Waals surface area contributed by atoms with E-state index < -0.39 is 16.0 Å². The quantitative estimate of drug-likeness (QED) is 0.737. The third-order valence-electron chi connectivity index (χ3n) is 3.50. The predicted molar refractivity (Wildman–Crippen MR) is 84.9 cm³/mol. The summed E-state index contributed by atoms with van der Waals surface area (Å²) in [4.78, 5) is 11.6. The van der Waals surface area contributed by atoms with Gasteiger partial charge < -0.3 is 9.47 Å². The third kappa shape index (κ3) is 2.42. The number of sulfonamides is 1. The van der Waals surface area contributed by atoms with Crippen molar-refractivity contribution in [2.24, 2.45) is 0 Å². The molecule has 3 rings (SSSR count). The minimum atomic E-state index is -3.91. The number of hydrogen-bond acceptors (Lipinski definition) is 5. The van der Waals surface area contributed by atoms with E-state index in [4.69, 9.17) is 16.3 Å². The first kappa shape index (κ1) is 15.6. The summed E-state index contributed by atoms with van der Waals surface area (Å²) in [5.74, 6) is -0.295. The number of halogens is 1. The molecule has 1 aliphatic rings. The van der Waals surface area contributed by atoms with Gasteiger partial charge in [-0.25, -0.2) is 13.2 Å². The Kier molecular flexibility index (Phi) is 3.69. The molecule has 0 saturated heterocycles. The lowest BCUT2D eigenvalue weighted by atomic mass is 10.2. The second-order valence-electron chi connectivity index (χ2n) is 4.81. The van der Waals surface area contributed by atoms with Crippen LogP contribution in [0.15, 0.2) is 41.3 Å². The number of para-hydroxylation sites is 2. The fourth-order valence-corrected chi connectivity index (χ4v) is 3.84. The molecule has 0 atom stereocenters. The molecule has 0 unspecified atom stereocenters. The summed E-state index contributed by atoms with van der Waals surface area (Å²) >= 11 is 6.06. The van der Waals surface area contributed by atoms with Crippen LogP contribution in [0.25, 0.3) is 0 Å². The molecule has 0 aromatic heterocycles. The number of benzene rings is 2. The number of anilines is 1. The average Bonchev–Trinajstić information content (AvgIpc) is 2.60. The smallest absolute Gasteiger partial charge is 0.339 e. The molecule has 0 fully saturated rings. The summed E-state index contributed by atoms with van der Waals surface area (Å²) in [6.07, 6.45) is 0. The minimum Gasteiger partial charge on any atom is -0.465 e. The van der Waals surface area contributed by atoms with E-state index in [0.717, 1.165) is 4.31 Å². The van der Waals surface area contributed by atoms with Crippen LogP contribution in [0.2, 0.25) is 5.02 Å². The molecule has 2 aromatic carbocycles. The van der Waals surface area contributed by atoms with Crippen LogP contribution in [0.1, 0.15) is 10.4 Å². The largest absolute Gasteiger partial charge is 0.465 e. The molecule has 6 nitrogen and oxygen atoms in total. The summed E-state index contributed by atoms with van der Waals surface area (Å²) < 4.78 is 37.0. The maximum atomic E-state index is 12.8. The number of carbonyl (C=O) groups is 1. The first-order valence-corrected chi connectivity index (χ1v) is 8.35. The highest BCUT2D eigenvalue weighted by atomic mass is 35.5. The van der Waals surface area contributed by atoms with E-state index in [1.807, 2.05) is 0 Å². The van der Waals surface area contributed by atoms with Crippen molar-refractivity contribution in [2.45, 2.75) is 4.90 Å². The van der Waals surface area contributed by atoms with Gasteiger partial charge in [-0.1, -0.05) is 23.7 Å². The monoisotopic (exact) mass is 353 g/mol. The minimum absolute atomic E-state index is 0.0422. The average molecular weight is 354 g/mol. The topological polar surface area (TPSA) is 72.9 Å². The number of esters is 1. The van der Waals surface area contributed by atoms with Gasteiger partial charge >= 0.3 is 5.97 Å². The van der Waals surface area contributed by atoms with E-state index in [-0.39, 0.29) is 21.2 Å². The lowest BCUT2D eigenvalue weighted by molar-refractivity contribution is 0.0600. The Bertz CT molecular complexity index is 910. The van der Waals surface area contributed by atoms with E-state index in [1.54, 1.807) is 24.3 Å². The molecular formula is C15H12ClNO5S. The Morgan fingerprint density at radius 1 is 1.22 bits per heavy atom. The molecule has 1 aliphatic heterocycles. The fraction of sp³-hybridized carbons (Fsp3) is 0.133. The van der Waals surface area contributed by atoms with Gasteiger partial charge in [0, 0.05) is 13.1 Å². The Balaban J connectivity index is 2.30. The highest BCUT2D eigenvalue weighted by molar-refractivity contribution is 7.93. The molecule has 8 heteroatoms. The Hall–Kier alpha value is -2.25. The second-order valence-corrected chi connectivity index (χ2v) is 7.16. The molecule has 23 heavy (non-hydrogen) atoms. The van der Waals surface area contributed by atoms with E-state index in [9.17, 15) is 13.2 Å². The SMILES string of the molecule is COC(=O)c1cc2c(cc1Cl)Oc1ccccc1N(C)S2(=O)=O. The number of ether oxygens (including phenoxy) is 2. The molecule has 1 heterocycles. The number of rotatable bonds is 1. The van der Waals surface area contributed by atoms with Crippen molar-refractivity contribution in [3.05, 3.63) is 47.0 Å². The Morgan fingerprint density at radius 3 is 2.61 bits per heavy atom. The summed E-state index contributed by atoms with van der Waals surface area (Å²) in [5, 5.41) is 0.0489. The molecule has 0 amide bonds. The number of fused-ring (bicyclic) bond motifs is 2. The van der Waals surface area contributed by atoms with Crippen molar-refractivity contribution < 1.29 is 22.7 Å². The van der Waals surface area contributed by atoms with Gasteiger partial charge in [0.2, 0.25) is 0 Å². The maximum Gasteiger partial charge on any atom is 0.339 e. The molecule has 0 aliphatic carbocycles. The van der Waals surface area contributed by atoms with E-state index >= 15 is 0 Å². The zero-order valence-corrected chi connectivity index (χ0v) is 13.8. The predicted octanol–water partition coefficient (Wildman–Crippen LogP) is 3.06. The molecule has 120 valence electrons. The number of hydrogen-bond donors (Lipinski definition) is 0. The summed E-state index contributed by atoms with van der Waals surface area (Å²) in [7, 11) is -1.30. The van der Waals surface area contributed by atoms with Gasteiger partial charge in [0.25, 0.3) is 10.0 Å². The Morgan fingerprint density at radius 2 is 1.91 bits per heavy atom. The molecule has 0 bridgehead atoms. The zero-order chi connectivity index (χ0) is 16.8. The van der Waals surface area contributed by atoms with E-state index in [0.29, 0.717) is 11.4 Å². The number of carbonyl (C=O) groups excluding carboxylic acids is 1. The van der Waals surface area contributed by atoms with Crippen LogP contribution < -0.4 is 9.04 Å². The van der Waals surface area contributed by atoms with Crippen molar-refractivity contribution in [1.82, 2.24) is 0 Å². The van der Waals surface area contributed by atoms with Crippen LogP contribution in [-0.4, -0.2) is 28.5 Å². The lowest BCUT2D eigenvalue weighted by Crippen LogP contribution is -2.25. The van der Waals surface area contributed by atoms with Crippen LogP contribution >= 0.6 is 11.6 Å². The molecule has 0 radical (unpaired) electrons. The highest BCUT2D eigenvalue weighted by Gasteiger charge is 2.33. The van der Waals surface area contributed by atoms with Gasteiger partial charge in [0.1, 0.15) is 10.6 Å². The van der Waals surface area contributed by atoms with Crippen LogP contribution in [0.3, 0.4) is 0 Å². The van der Waals surface area contributed by atoms with Crippen molar-refractivity contribution in [3.8, 4) is 11.5 Å². The summed E-state index contributed by atoms with van der Waals surface area (Å²) in [6.45, 7) is 0. The fourth-order valence-electron chi connectivity index (χ4n) is 2.28. The molecule has 2 aromatic rings. The van der Waals surface area contributed by atoms with Crippen LogP contribution in [0.5, 0.6) is 11.5 Å².